The molecule has 2 N–H and O–H groups in total. The number of carboxylic acid groups (broad SMARTS) is 1. The number of carboxylic acids is 1. The molecule has 1 saturated heterocycles. The molecule has 0 aliphatic carbocycles. The standard InChI is InChI=1S/C9H9ClFN.C2HF3O2/c10-9-3-7(11)1-2-8(9)6-4-12-5-6;3-2(4,5)1(6)7/h1-3,6,12H,4-5H2;(H,6,7). The quantitative estimate of drug-likeness (QED) is 0.784. The fourth-order valence-electron chi connectivity index (χ4n) is 1.34. The van der Waals surface area contributed by atoms with E-state index in [1.165, 1.54) is 12.1 Å². The topological polar surface area (TPSA) is 49.3 Å². The SMILES string of the molecule is Fc1ccc(C2CNC2)c(Cl)c1.O=C(O)C(F)(F)F. The summed E-state index contributed by atoms with van der Waals surface area (Å²) in [6, 6.07) is 4.60. The molecule has 0 radical (unpaired) electrons. The second kappa shape index (κ2) is 6.21. The first-order chi connectivity index (χ1) is 8.71. The van der Waals surface area contributed by atoms with Gasteiger partial charge in [-0.1, -0.05) is 17.7 Å². The molecule has 1 aliphatic rings. The molecule has 1 fully saturated rings. The van der Waals surface area contributed by atoms with Crippen molar-refractivity contribution in [3.8, 4) is 0 Å². The van der Waals surface area contributed by atoms with Gasteiger partial charge in [-0.3, -0.25) is 0 Å². The Morgan fingerprint density at radius 1 is 1.37 bits per heavy atom. The number of aliphatic carboxylic acids is 1. The van der Waals surface area contributed by atoms with E-state index >= 15 is 0 Å². The van der Waals surface area contributed by atoms with Crippen LogP contribution in [0.25, 0.3) is 0 Å². The van der Waals surface area contributed by atoms with Gasteiger partial charge in [0.15, 0.2) is 0 Å². The van der Waals surface area contributed by atoms with Crippen molar-refractivity contribution in [3.05, 3.63) is 34.6 Å². The summed E-state index contributed by atoms with van der Waals surface area (Å²) in [6.45, 7) is 1.90. The van der Waals surface area contributed by atoms with Crippen molar-refractivity contribution in [3.63, 3.8) is 0 Å². The molecule has 0 atom stereocenters. The highest BCUT2D eigenvalue weighted by Crippen LogP contribution is 2.27. The predicted octanol–water partition coefficient (Wildman–Crippen LogP) is 2.80. The smallest absolute Gasteiger partial charge is 0.475 e. The summed E-state index contributed by atoms with van der Waals surface area (Å²) in [5.41, 5.74) is 1.05. The summed E-state index contributed by atoms with van der Waals surface area (Å²) in [6.07, 6.45) is -5.08. The maximum Gasteiger partial charge on any atom is 0.490 e. The lowest BCUT2D eigenvalue weighted by Gasteiger charge is -2.28. The summed E-state index contributed by atoms with van der Waals surface area (Å²) in [5, 5.41) is 10.8. The molecule has 1 heterocycles. The minimum atomic E-state index is -5.08. The van der Waals surface area contributed by atoms with E-state index in [2.05, 4.69) is 5.32 Å². The summed E-state index contributed by atoms with van der Waals surface area (Å²) >= 11 is 5.87. The molecule has 0 saturated carbocycles. The Morgan fingerprint density at radius 3 is 2.21 bits per heavy atom. The molecule has 0 amide bonds. The molecule has 2 rings (SSSR count). The van der Waals surface area contributed by atoms with E-state index in [9.17, 15) is 17.6 Å². The second-order valence-corrected chi connectivity index (χ2v) is 4.23. The summed E-state index contributed by atoms with van der Waals surface area (Å²) in [4.78, 5) is 8.90. The Hall–Kier alpha value is -1.34. The molecule has 3 nitrogen and oxygen atoms in total. The van der Waals surface area contributed by atoms with Gasteiger partial charge < -0.3 is 10.4 Å². The van der Waals surface area contributed by atoms with Gasteiger partial charge in [-0.2, -0.15) is 13.2 Å². The first-order valence-electron chi connectivity index (χ1n) is 5.17. The highest BCUT2D eigenvalue weighted by molar-refractivity contribution is 6.31. The minimum absolute atomic E-state index is 0.268. The predicted molar refractivity (Wildman–Crippen MR) is 60.7 cm³/mol. The van der Waals surface area contributed by atoms with Crippen molar-refractivity contribution in [2.45, 2.75) is 12.1 Å². The van der Waals surface area contributed by atoms with Crippen molar-refractivity contribution in [1.82, 2.24) is 5.32 Å². The van der Waals surface area contributed by atoms with Crippen LogP contribution in [0, 0.1) is 5.82 Å². The van der Waals surface area contributed by atoms with Crippen LogP contribution in [0.3, 0.4) is 0 Å². The largest absolute Gasteiger partial charge is 0.490 e. The molecule has 0 bridgehead atoms. The number of alkyl halides is 3. The fraction of sp³-hybridized carbons (Fsp3) is 0.364. The molecular formula is C11H10ClF4NO2. The normalized spacial score (nSPS) is 15.2. The number of carbonyl (C=O) groups is 1. The Morgan fingerprint density at radius 2 is 1.89 bits per heavy atom. The van der Waals surface area contributed by atoms with Crippen LogP contribution < -0.4 is 5.32 Å². The van der Waals surface area contributed by atoms with Gasteiger partial charge in [0.25, 0.3) is 0 Å². The average Bonchev–Trinajstić information content (AvgIpc) is 2.19. The van der Waals surface area contributed by atoms with Gasteiger partial charge in [0.2, 0.25) is 0 Å². The van der Waals surface area contributed by atoms with E-state index in [1.807, 2.05) is 0 Å². The number of benzene rings is 1. The van der Waals surface area contributed by atoms with Crippen LogP contribution in [0.5, 0.6) is 0 Å². The zero-order valence-corrected chi connectivity index (χ0v) is 10.2. The fourth-order valence-corrected chi connectivity index (χ4v) is 1.66. The first-order valence-corrected chi connectivity index (χ1v) is 5.55. The Bertz CT molecular complexity index is 460. The maximum absolute atomic E-state index is 12.6. The molecule has 1 aliphatic heterocycles. The van der Waals surface area contributed by atoms with Crippen LogP contribution >= 0.6 is 11.6 Å². The van der Waals surface area contributed by atoms with Gasteiger partial charge in [-0.15, -0.1) is 0 Å². The molecule has 0 aromatic heterocycles. The molecule has 0 unspecified atom stereocenters. The van der Waals surface area contributed by atoms with E-state index in [0.717, 1.165) is 18.7 Å². The zero-order chi connectivity index (χ0) is 14.6. The van der Waals surface area contributed by atoms with E-state index in [4.69, 9.17) is 21.5 Å². The molecule has 1 aromatic carbocycles. The summed E-state index contributed by atoms with van der Waals surface area (Å²) in [7, 11) is 0. The van der Waals surface area contributed by atoms with E-state index < -0.39 is 12.1 Å². The third kappa shape index (κ3) is 4.68. The minimum Gasteiger partial charge on any atom is -0.475 e. The molecule has 19 heavy (non-hydrogen) atoms. The van der Waals surface area contributed by atoms with Crippen molar-refractivity contribution in [2.24, 2.45) is 0 Å². The average molecular weight is 300 g/mol. The van der Waals surface area contributed by atoms with Crippen molar-refractivity contribution in [1.29, 1.82) is 0 Å². The Balaban J connectivity index is 0.000000224. The van der Waals surface area contributed by atoms with Gasteiger partial charge in [0, 0.05) is 24.0 Å². The third-order valence-electron chi connectivity index (χ3n) is 2.43. The van der Waals surface area contributed by atoms with Crippen LogP contribution in [-0.2, 0) is 4.79 Å². The summed E-state index contributed by atoms with van der Waals surface area (Å²) < 4.78 is 44.4. The molecular weight excluding hydrogens is 290 g/mol. The van der Waals surface area contributed by atoms with Gasteiger partial charge in [0.05, 0.1) is 0 Å². The van der Waals surface area contributed by atoms with Crippen LogP contribution in [0.1, 0.15) is 11.5 Å². The van der Waals surface area contributed by atoms with Gasteiger partial charge >= 0.3 is 12.1 Å². The maximum atomic E-state index is 12.6. The second-order valence-electron chi connectivity index (χ2n) is 3.82. The molecule has 106 valence electrons. The molecule has 1 aromatic rings. The van der Waals surface area contributed by atoms with E-state index in [1.54, 1.807) is 6.07 Å². The third-order valence-corrected chi connectivity index (χ3v) is 2.75. The first kappa shape index (κ1) is 15.7. The zero-order valence-electron chi connectivity index (χ0n) is 9.47. The van der Waals surface area contributed by atoms with Gasteiger partial charge in [0.1, 0.15) is 5.82 Å². The lowest BCUT2D eigenvalue weighted by molar-refractivity contribution is -0.192. The Kier molecular flexibility index (Phi) is 5.13. The molecule has 8 heteroatoms. The van der Waals surface area contributed by atoms with E-state index in [0.29, 0.717) is 10.9 Å². The van der Waals surface area contributed by atoms with Crippen LogP contribution in [0.15, 0.2) is 18.2 Å². The number of hydrogen-bond donors (Lipinski definition) is 2. The highest BCUT2D eigenvalue weighted by atomic mass is 35.5. The number of nitrogens with one attached hydrogen (secondary N) is 1. The lowest BCUT2D eigenvalue weighted by atomic mass is 9.94. The van der Waals surface area contributed by atoms with Crippen molar-refractivity contribution in [2.75, 3.05) is 13.1 Å². The monoisotopic (exact) mass is 299 g/mol. The summed E-state index contributed by atoms with van der Waals surface area (Å²) in [5.74, 6) is -2.55. The molecule has 0 spiro atoms. The van der Waals surface area contributed by atoms with Crippen LogP contribution in [-0.4, -0.2) is 30.3 Å². The lowest BCUT2D eigenvalue weighted by Crippen LogP contribution is -2.39. The van der Waals surface area contributed by atoms with Crippen molar-refractivity contribution >= 4 is 17.6 Å². The van der Waals surface area contributed by atoms with E-state index in [-0.39, 0.29) is 5.82 Å². The number of halogens is 5. The number of hydrogen-bond acceptors (Lipinski definition) is 2. The van der Waals surface area contributed by atoms with Gasteiger partial charge in [-0.25, -0.2) is 9.18 Å². The van der Waals surface area contributed by atoms with Crippen LogP contribution in [0.4, 0.5) is 17.6 Å². The van der Waals surface area contributed by atoms with Crippen LogP contribution in [0.2, 0.25) is 5.02 Å². The van der Waals surface area contributed by atoms with Crippen molar-refractivity contribution < 1.29 is 27.5 Å². The number of rotatable bonds is 1. The Labute approximate surface area is 111 Å². The highest BCUT2D eigenvalue weighted by Gasteiger charge is 2.38. The van der Waals surface area contributed by atoms with Gasteiger partial charge in [-0.05, 0) is 17.7 Å².